The Morgan fingerprint density at radius 3 is 2.59 bits per heavy atom. The van der Waals surface area contributed by atoms with E-state index in [4.69, 9.17) is 9.16 Å². The largest absolute Gasteiger partial charge is 0.414 e. The summed E-state index contributed by atoms with van der Waals surface area (Å²) < 4.78 is 12.3. The van der Waals surface area contributed by atoms with E-state index >= 15 is 0 Å². The molecule has 1 fully saturated rings. The molecule has 0 aliphatic carbocycles. The van der Waals surface area contributed by atoms with Gasteiger partial charge in [0, 0.05) is 6.20 Å². The molecule has 0 bridgehead atoms. The number of ether oxygens (including phenoxy) is 1. The molecular formula is C19H32N2O5Si. The first-order valence-electron chi connectivity index (χ1n) is 9.39. The molecule has 1 aliphatic rings. The average Bonchev–Trinajstić information content (AvgIpc) is 2.56. The fourth-order valence-corrected chi connectivity index (χ4v) is 4.16. The van der Waals surface area contributed by atoms with E-state index in [2.05, 4.69) is 38.8 Å². The molecule has 0 unspecified atom stereocenters. The maximum atomic E-state index is 11.3. The van der Waals surface area contributed by atoms with Crippen LogP contribution in [0.4, 0.5) is 5.69 Å². The summed E-state index contributed by atoms with van der Waals surface area (Å²) in [5.74, 6) is -0.135. The molecule has 2 heterocycles. The number of aliphatic hydroxyl groups is 1. The van der Waals surface area contributed by atoms with Gasteiger partial charge in [0.25, 0.3) is 5.69 Å². The average molecular weight is 397 g/mol. The molecule has 1 aliphatic heterocycles. The van der Waals surface area contributed by atoms with Gasteiger partial charge in [-0.1, -0.05) is 27.7 Å². The molecule has 8 heteroatoms. The van der Waals surface area contributed by atoms with E-state index in [-0.39, 0.29) is 23.3 Å². The van der Waals surface area contributed by atoms with Gasteiger partial charge >= 0.3 is 0 Å². The number of nitro groups is 1. The Hall–Kier alpha value is -1.35. The highest BCUT2D eigenvalue weighted by molar-refractivity contribution is 6.74. The van der Waals surface area contributed by atoms with Gasteiger partial charge in [-0.3, -0.25) is 15.1 Å². The molecule has 4 atom stereocenters. The van der Waals surface area contributed by atoms with Crippen LogP contribution in [0.15, 0.2) is 18.5 Å². The van der Waals surface area contributed by atoms with Crippen molar-refractivity contribution in [2.24, 2.45) is 5.92 Å². The zero-order valence-electron chi connectivity index (χ0n) is 17.4. The van der Waals surface area contributed by atoms with Crippen LogP contribution in [0.2, 0.25) is 18.1 Å². The monoisotopic (exact) mass is 396 g/mol. The minimum atomic E-state index is -2.01. The zero-order valence-corrected chi connectivity index (χ0v) is 18.4. The lowest BCUT2D eigenvalue weighted by molar-refractivity contribution is -0.387. The minimum Gasteiger partial charge on any atom is -0.414 e. The van der Waals surface area contributed by atoms with Gasteiger partial charge in [0.05, 0.1) is 29.3 Å². The van der Waals surface area contributed by atoms with E-state index in [1.54, 1.807) is 6.07 Å². The summed E-state index contributed by atoms with van der Waals surface area (Å²) in [6.45, 7) is 14.7. The Morgan fingerprint density at radius 2 is 2.07 bits per heavy atom. The molecule has 0 spiro atoms. The van der Waals surface area contributed by atoms with Gasteiger partial charge in [-0.15, -0.1) is 0 Å². The van der Waals surface area contributed by atoms with Gasteiger partial charge in [0.1, 0.15) is 11.8 Å². The molecule has 0 radical (unpaired) electrons. The standard InChI is InChI=1S/C19H32N2O5Si/c1-13-10-17(15-8-9-20-11-16(15)21(23)24)26-14(2)19(13,22)12-25-27(6,7)18(3,4)5/h8-9,11,13-14,17,22H,10,12H2,1-7H3/t13-,14-,17-,19+/m1/s1. The third-order valence-corrected chi connectivity index (χ3v) is 10.8. The molecule has 1 aromatic heterocycles. The second-order valence-electron chi connectivity index (χ2n) is 9.14. The molecule has 1 aromatic rings. The van der Waals surface area contributed by atoms with Crippen molar-refractivity contribution in [3.8, 4) is 0 Å². The minimum absolute atomic E-state index is 0.0472. The smallest absolute Gasteiger partial charge is 0.293 e. The fraction of sp³-hybridized carbons (Fsp3) is 0.737. The van der Waals surface area contributed by atoms with E-state index < -0.39 is 31.0 Å². The molecule has 2 rings (SSSR count). The Labute approximate surface area is 162 Å². The predicted molar refractivity (Wildman–Crippen MR) is 106 cm³/mol. The van der Waals surface area contributed by atoms with E-state index in [9.17, 15) is 15.2 Å². The quantitative estimate of drug-likeness (QED) is 0.455. The van der Waals surface area contributed by atoms with Gasteiger partial charge in [0.15, 0.2) is 8.32 Å². The van der Waals surface area contributed by atoms with Crippen molar-refractivity contribution in [3.63, 3.8) is 0 Å². The molecule has 0 amide bonds. The zero-order chi connectivity index (χ0) is 20.6. The summed E-state index contributed by atoms with van der Waals surface area (Å²) in [5, 5.41) is 22.7. The van der Waals surface area contributed by atoms with Crippen molar-refractivity contribution in [3.05, 3.63) is 34.1 Å². The van der Waals surface area contributed by atoms with Crippen LogP contribution >= 0.6 is 0 Å². The fourth-order valence-electron chi connectivity index (χ4n) is 3.14. The van der Waals surface area contributed by atoms with Crippen LogP contribution in [-0.4, -0.2) is 41.6 Å². The summed E-state index contributed by atoms with van der Waals surface area (Å²) in [6.07, 6.45) is 2.29. The Morgan fingerprint density at radius 1 is 1.44 bits per heavy atom. The lowest BCUT2D eigenvalue weighted by atomic mass is 9.78. The van der Waals surface area contributed by atoms with E-state index in [1.165, 1.54) is 12.4 Å². The molecular weight excluding hydrogens is 364 g/mol. The molecule has 1 saturated heterocycles. The van der Waals surface area contributed by atoms with Crippen LogP contribution < -0.4 is 0 Å². The number of pyridine rings is 1. The highest BCUT2D eigenvalue weighted by atomic mass is 28.4. The van der Waals surface area contributed by atoms with Crippen LogP contribution in [0, 0.1) is 16.0 Å². The van der Waals surface area contributed by atoms with E-state index in [0.29, 0.717) is 12.0 Å². The summed E-state index contributed by atoms with van der Waals surface area (Å²) in [6, 6.07) is 1.62. The second-order valence-corrected chi connectivity index (χ2v) is 13.9. The Balaban J connectivity index is 2.19. The van der Waals surface area contributed by atoms with Crippen LogP contribution in [0.25, 0.3) is 0 Å². The summed E-state index contributed by atoms with van der Waals surface area (Å²) in [4.78, 5) is 14.7. The van der Waals surface area contributed by atoms with Gasteiger partial charge in [-0.05, 0) is 43.5 Å². The van der Waals surface area contributed by atoms with Crippen molar-refractivity contribution in [1.82, 2.24) is 4.98 Å². The van der Waals surface area contributed by atoms with Gasteiger partial charge in [-0.25, -0.2) is 0 Å². The highest BCUT2D eigenvalue weighted by Gasteiger charge is 2.49. The summed E-state index contributed by atoms with van der Waals surface area (Å²) in [7, 11) is -2.01. The first-order valence-corrected chi connectivity index (χ1v) is 12.3. The van der Waals surface area contributed by atoms with Crippen molar-refractivity contribution >= 4 is 14.0 Å². The van der Waals surface area contributed by atoms with Gasteiger partial charge in [-0.2, -0.15) is 0 Å². The van der Waals surface area contributed by atoms with Crippen molar-refractivity contribution in [2.45, 2.75) is 77.0 Å². The molecule has 7 nitrogen and oxygen atoms in total. The number of hydrogen-bond acceptors (Lipinski definition) is 6. The van der Waals surface area contributed by atoms with Crippen LogP contribution in [-0.2, 0) is 9.16 Å². The summed E-state index contributed by atoms with van der Waals surface area (Å²) in [5.41, 5.74) is -0.681. The predicted octanol–water partition coefficient (Wildman–Crippen LogP) is 4.23. The van der Waals surface area contributed by atoms with Crippen LogP contribution in [0.3, 0.4) is 0 Å². The maximum Gasteiger partial charge on any atom is 0.293 e. The lowest BCUT2D eigenvalue weighted by Gasteiger charge is -2.48. The number of aromatic nitrogens is 1. The number of rotatable bonds is 5. The Kier molecular flexibility index (Phi) is 6.16. The topological polar surface area (TPSA) is 94.7 Å². The van der Waals surface area contributed by atoms with Gasteiger partial charge in [0.2, 0.25) is 0 Å². The molecule has 152 valence electrons. The molecule has 0 aromatic carbocycles. The third-order valence-electron chi connectivity index (χ3n) is 6.34. The van der Waals surface area contributed by atoms with Crippen LogP contribution in [0.5, 0.6) is 0 Å². The van der Waals surface area contributed by atoms with Crippen molar-refractivity contribution in [2.75, 3.05) is 6.61 Å². The first-order chi connectivity index (χ1) is 12.3. The first kappa shape index (κ1) is 21.9. The SMILES string of the molecule is C[C@@H]1C[C@H](c2ccncc2[N+](=O)[O-])O[C@H](C)[C@]1(O)CO[Si](C)(C)C(C)(C)C. The van der Waals surface area contributed by atoms with Crippen molar-refractivity contribution < 1.29 is 19.2 Å². The highest BCUT2D eigenvalue weighted by Crippen LogP contribution is 2.44. The van der Waals surface area contributed by atoms with E-state index in [0.717, 1.165) is 0 Å². The molecule has 0 saturated carbocycles. The van der Waals surface area contributed by atoms with Gasteiger partial charge < -0.3 is 14.3 Å². The van der Waals surface area contributed by atoms with Crippen molar-refractivity contribution in [1.29, 1.82) is 0 Å². The van der Waals surface area contributed by atoms with E-state index in [1.807, 2.05) is 13.8 Å². The third kappa shape index (κ3) is 4.39. The maximum absolute atomic E-state index is 11.3. The second kappa shape index (κ2) is 7.58. The number of nitrogens with zero attached hydrogens (tertiary/aromatic N) is 2. The number of hydrogen-bond donors (Lipinski definition) is 1. The Bertz CT molecular complexity index is 677. The normalized spacial score (nSPS) is 29.6. The molecule has 1 N–H and O–H groups in total. The van der Waals surface area contributed by atoms with Crippen LogP contribution in [0.1, 0.15) is 52.7 Å². The summed E-state index contributed by atoms with van der Waals surface area (Å²) >= 11 is 0. The lowest BCUT2D eigenvalue weighted by Crippen LogP contribution is -2.57. The molecule has 27 heavy (non-hydrogen) atoms.